The molecule has 0 radical (unpaired) electrons. The van der Waals surface area contributed by atoms with Crippen LogP contribution in [0.3, 0.4) is 0 Å². The number of hydrogen-bond donors (Lipinski definition) is 1. The molecule has 0 aliphatic heterocycles. The highest BCUT2D eigenvalue weighted by molar-refractivity contribution is 5.85. The minimum Gasteiger partial charge on any atom is -0.461 e. The standard InChI is InChI=1S/C12H17NO2.2ClH/c13-9-5-4-8-12(14)15-10-11-6-2-1-3-7-11;;/h1-3,6-7H,4-5,8-10,13H2;2*1H. The van der Waals surface area contributed by atoms with E-state index in [-0.39, 0.29) is 30.8 Å². The number of hydrogen-bond acceptors (Lipinski definition) is 3. The molecule has 0 bridgehead atoms. The van der Waals surface area contributed by atoms with Gasteiger partial charge in [-0.25, -0.2) is 0 Å². The van der Waals surface area contributed by atoms with Gasteiger partial charge >= 0.3 is 5.97 Å². The molecule has 0 aliphatic carbocycles. The molecule has 0 atom stereocenters. The second-order valence-electron chi connectivity index (χ2n) is 3.39. The summed E-state index contributed by atoms with van der Waals surface area (Å²) < 4.78 is 5.09. The number of esters is 1. The van der Waals surface area contributed by atoms with Gasteiger partial charge in [0.1, 0.15) is 6.61 Å². The SMILES string of the molecule is Cl.Cl.NCCCCC(=O)OCc1ccccc1. The van der Waals surface area contributed by atoms with Crippen molar-refractivity contribution in [2.45, 2.75) is 25.9 Å². The second kappa shape index (κ2) is 11.7. The minimum absolute atomic E-state index is 0. The first-order chi connectivity index (χ1) is 7.33. The Morgan fingerprint density at radius 3 is 2.35 bits per heavy atom. The van der Waals surface area contributed by atoms with Crippen molar-refractivity contribution in [2.75, 3.05) is 6.54 Å². The van der Waals surface area contributed by atoms with Crippen molar-refractivity contribution < 1.29 is 9.53 Å². The molecule has 0 aliphatic rings. The fourth-order valence-corrected chi connectivity index (χ4v) is 1.22. The number of halogens is 2. The lowest BCUT2D eigenvalue weighted by atomic mass is 10.2. The molecular formula is C12H19Cl2NO2. The third-order valence-electron chi connectivity index (χ3n) is 2.08. The predicted octanol–water partition coefficient (Wildman–Crippen LogP) is 2.70. The third-order valence-corrected chi connectivity index (χ3v) is 2.08. The summed E-state index contributed by atoms with van der Waals surface area (Å²) in [7, 11) is 0. The van der Waals surface area contributed by atoms with Crippen LogP contribution in [0.25, 0.3) is 0 Å². The summed E-state index contributed by atoms with van der Waals surface area (Å²) in [4.78, 5) is 11.2. The summed E-state index contributed by atoms with van der Waals surface area (Å²) in [5.41, 5.74) is 6.35. The molecule has 3 nitrogen and oxygen atoms in total. The Hall–Kier alpha value is -0.770. The first-order valence-corrected chi connectivity index (χ1v) is 5.22. The van der Waals surface area contributed by atoms with Crippen LogP contribution in [0.15, 0.2) is 30.3 Å². The smallest absolute Gasteiger partial charge is 0.306 e. The van der Waals surface area contributed by atoms with Gasteiger partial charge in [0.2, 0.25) is 0 Å². The maximum absolute atomic E-state index is 11.2. The van der Waals surface area contributed by atoms with Crippen molar-refractivity contribution >= 4 is 30.8 Å². The van der Waals surface area contributed by atoms with Crippen LogP contribution in [0.5, 0.6) is 0 Å². The van der Waals surface area contributed by atoms with Crippen LogP contribution in [0.1, 0.15) is 24.8 Å². The molecule has 17 heavy (non-hydrogen) atoms. The predicted molar refractivity (Wildman–Crippen MR) is 73.6 cm³/mol. The van der Waals surface area contributed by atoms with E-state index >= 15 is 0 Å². The highest BCUT2D eigenvalue weighted by Gasteiger charge is 2.02. The Bertz CT molecular complexity index is 294. The lowest BCUT2D eigenvalue weighted by molar-refractivity contribution is -0.145. The lowest BCUT2D eigenvalue weighted by Gasteiger charge is -2.04. The van der Waals surface area contributed by atoms with Crippen LogP contribution in [-0.2, 0) is 16.1 Å². The quantitative estimate of drug-likeness (QED) is 0.644. The molecule has 0 saturated heterocycles. The summed E-state index contributed by atoms with van der Waals surface area (Å²) in [5.74, 6) is -0.146. The maximum atomic E-state index is 11.2. The normalized spacial score (nSPS) is 8.76. The molecule has 0 unspecified atom stereocenters. The molecule has 0 heterocycles. The first-order valence-electron chi connectivity index (χ1n) is 5.22. The number of rotatable bonds is 6. The number of nitrogens with two attached hydrogens (primary N) is 1. The highest BCUT2D eigenvalue weighted by atomic mass is 35.5. The summed E-state index contributed by atoms with van der Waals surface area (Å²) in [6.45, 7) is 0.994. The van der Waals surface area contributed by atoms with E-state index in [4.69, 9.17) is 10.5 Å². The van der Waals surface area contributed by atoms with Crippen LogP contribution in [-0.4, -0.2) is 12.5 Å². The van der Waals surface area contributed by atoms with Gasteiger partial charge in [-0.05, 0) is 24.9 Å². The van der Waals surface area contributed by atoms with Gasteiger partial charge in [0.25, 0.3) is 0 Å². The average Bonchev–Trinajstić information content (AvgIpc) is 2.28. The van der Waals surface area contributed by atoms with Gasteiger partial charge in [-0.15, -0.1) is 24.8 Å². The molecule has 0 saturated carbocycles. The number of unbranched alkanes of at least 4 members (excludes halogenated alkanes) is 1. The van der Waals surface area contributed by atoms with E-state index in [2.05, 4.69) is 0 Å². The molecule has 1 aromatic carbocycles. The number of carbonyl (C=O) groups excluding carboxylic acids is 1. The molecule has 2 N–H and O–H groups in total. The largest absolute Gasteiger partial charge is 0.461 e. The van der Waals surface area contributed by atoms with E-state index in [0.717, 1.165) is 18.4 Å². The van der Waals surface area contributed by atoms with Crippen molar-refractivity contribution in [1.29, 1.82) is 0 Å². The van der Waals surface area contributed by atoms with E-state index in [9.17, 15) is 4.79 Å². The zero-order chi connectivity index (χ0) is 10.9. The van der Waals surface area contributed by atoms with Crippen molar-refractivity contribution in [2.24, 2.45) is 5.73 Å². The Morgan fingerprint density at radius 2 is 1.76 bits per heavy atom. The van der Waals surface area contributed by atoms with Crippen LogP contribution in [0.4, 0.5) is 0 Å². The van der Waals surface area contributed by atoms with Gasteiger partial charge in [-0.3, -0.25) is 4.79 Å². The average molecular weight is 280 g/mol. The topological polar surface area (TPSA) is 52.3 Å². The molecular weight excluding hydrogens is 261 g/mol. The van der Waals surface area contributed by atoms with Gasteiger partial charge in [0.05, 0.1) is 0 Å². The fourth-order valence-electron chi connectivity index (χ4n) is 1.22. The van der Waals surface area contributed by atoms with Gasteiger partial charge in [0, 0.05) is 6.42 Å². The monoisotopic (exact) mass is 279 g/mol. The zero-order valence-electron chi connectivity index (χ0n) is 9.63. The van der Waals surface area contributed by atoms with Crippen molar-refractivity contribution in [1.82, 2.24) is 0 Å². The molecule has 5 heteroatoms. The van der Waals surface area contributed by atoms with Crippen molar-refractivity contribution in [3.05, 3.63) is 35.9 Å². The Labute approximate surface area is 115 Å². The molecule has 0 fully saturated rings. The molecule has 1 rings (SSSR count). The van der Waals surface area contributed by atoms with E-state index < -0.39 is 0 Å². The van der Waals surface area contributed by atoms with E-state index in [1.165, 1.54) is 0 Å². The number of carbonyl (C=O) groups is 1. The molecule has 0 spiro atoms. The second-order valence-corrected chi connectivity index (χ2v) is 3.39. The number of benzene rings is 1. The zero-order valence-corrected chi connectivity index (χ0v) is 11.3. The Balaban J connectivity index is 0. The van der Waals surface area contributed by atoms with Crippen LogP contribution in [0.2, 0.25) is 0 Å². The van der Waals surface area contributed by atoms with Crippen LogP contribution in [0, 0.1) is 0 Å². The fraction of sp³-hybridized carbons (Fsp3) is 0.417. The first kappa shape index (κ1) is 18.6. The highest BCUT2D eigenvalue weighted by Crippen LogP contribution is 2.03. The third kappa shape index (κ3) is 8.98. The van der Waals surface area contributed by atoms with Gasteiger partial charge < -0.3 is 10.5 Å². The van der Waals surface area contributed by atoms with E-state index in [0.29, 0.717) is 19.6 Å². The summed E-state index contributed by atoms with van der Waals surface area (Å²) in [6, 6.07) is 9.67. The van der Waals surface area contributed by atoms with Gasteiger partial charge in [0.15, 0.2) is 0 Å². The molecule has 98 valence electrons. The molecule has 0 aromatic heterocycles. The van der Waals surface area contributed by atoms with E-state index in [1.54, 1.807) is 0 Å². The van der Waals surface area contributed by atoms with Gasteiger partial charge in [-0.1, -0.05) is 30.3 Å². The summed E-state index contributed by atoms with van der Waals surface area (Å²) >= 11 is 0. The van der Waals surface area contributed by atoms with Gasteiger partial charge in [-0.2, -0.15) is 0 Å². The summed E-state index contributed by atoms with van der Waals surface area (Å²) in [6.07, 6.45) is 2.15. The van der Waals surface area contributed by atoms with E-state index in [1.807, 2.05) is 30.3 Å². The van der Waals surface area contributed by atoms with Crippen LogP contribution >= 0.6 is 24.8 Å². The van der Waals surface area contributed by atoms with Crippen molar-refractivity contribution in [3.63, 3.8) is 0 Å². The van der Waals surface area contributed by atoms with Crippen LogP contribution < -0.4 is 5.73 Å². The Kier molecular flexibility index (Phi) is 12.8. The maximum Gasteiger partial charge on any atom is 0.306 e. The molecule has 1 aromatic rings. The lowest BCUT2D eigenvalue weighted by Crippen LogP contribution is -2.06. The summed E-state index contributed by atoms with van der Waals surface area (Å²) in [5, 5.41) is 0. The minimum atomic E-state index is -0.146. The molecule has 0 amide bonds. The number of ether oxygens (including phenoxy) is 1. The Morgan fingerprint density at radius 1 is 1.12 bits per heavy atom. The van der Waals surface area contributed by atoms with Crippen molar-refractivity contribution in [3.8, 4) is 0 Å².